The van der Waals surface area contributed by atoms with Gasteiger partial charge < -0.3 is 10.7 Å². The van der Waals surface area contributed by atoms with Crippen LogP contribution in [0, 0.1) is 0 Å². The van der Waals surface area contributed by atoms with Crippen LogP contribution in [-0.4, -0.2) is 4.98 Å². The minimum absolute atomic E-state index is 0.480. The number of nitrogens with zero attached hydrogens (tertiary/aromatic N) is 1. The molecule has 0 aliphatic heterocycles. The van der Waals surface area contributed by atoms with Crippen molar-refractivity contribution in [1.82, 2.24) is 4.98 Å². The van der Waals surface area contributed by atoms with E-state index in [0.29, 0.717) is 15.9 Å². The van der Waals surface area contributed by atoms with Crippen LogP contribution in [0.2, 0.25) is 10.0 Å². The summed E-state index contributed by atoms with van der Waals surface area (Å²) < 4.78 is 0. The minimum atomic E-state index is 0.480. The topological polar surface area (TPSA) is 63.0 Å². The lowest BCUT2D eigenvalue weighted by Gasteiger charge is -2.10. The molecule has 0 aliphatic carbocycles. The van der Waals surface area contributed by atoms with Crippen molar-refractivity contribution >= 4 is 40.4 Å². The van der Waals surface area contributed by atoms with E-state index >= 15 is 0 Å². The molecule has 1 aromatic heterocycles. The average Bonchev–Trinajstić information content (AvgIpc) is 2.35. The van der Waals surface area contributed by atoms with Gasteiger partial charge in [-0.25, -0.2) is 10.8 Å². The summed E-state index contributed by atoms with van der Waals surface area (Å²) in [4.78, 5) is 4.00. The number of nitrogen functional groups attached to an aromatic ring is 1. The second kappa shape index (κ2) is 5.23. The van der Waals surface area contributed by atoms with Crippen molar-refractivity contribution in [3.8, 4) is 0 Å². The van der Waals surface area contributed by atoms with E-state index in [1.807, 2.05) is 12.1 Å². The lowest BCUT2D eigenvalue weighted by Crippen LogP contribution is -2.08. The fourth-order valence-electron chi connectivity index (χ4n) is 1.34. The van der Waals surface area contributed by atoms with Crippen molar-refractivity contribution in [3.05, 3.63) is 46.6 Å². The first-order valence-electron chi connectivity index (χ1n) is 4.84. The molecule has 88 valence electrons. The molecule has 2 aromatic rings. The fraction of sp³-hybridized carbons (Fsp3) is 0. The van der Waals surface area contributed by atoms with Crippen LogP contribution in [0.1, 0.15) is 0 Å². The Morgan fingerprint density at radius 3 is 2.76 bits per heavy atom. The SMILES string of the molecule is NNc1cc(Nc2cccc(Cl)c2Cl)ccn1. The van der Waals surface area contributed by atoms with Crippen molar-refractivity contribution < 1.29 is 0 Å². The Morgan fingerprint density at radius 1 is 1.18 bits per heavy atom. The summed E-state index contributed by atoms with van der Waals surface area (Å²) in [5.41, 5.74) is 4.02. The number of hydrogen-bond donors (Lipinski definition) is 3. The number of pyridine rings is 1. The molecule has 0 spiro atoms. The molecule has 0 saturated heterocycles. The Bertz CT molecular complexity index is 531. The number of hydrazine groups is 1. The number of anilines is 3. The summed E-state index contributed by atoms with van der Waals surface area (Å²) in [6.45, 7) is 0. The third-order valence-corrected chi connectivity index (χ3v) is 2.96. The van der Waals surface area contributed by atoms with Crippen molar-refractivity contribution in [1.29, 1.82) is 0 Å². The third-order valence-electron chi connectivity index (χ3n) is 2.14. The van der Waals surface area contributed by atoms with Crippen molar-refractivity contribution in [2.24, 2.45) is 5.84 Å². The first-order chi connectivity index (χ1) is 8.20. The minimum Gasteiger partial charge on any atom is -0.354 e. The predicted molar refractivity (Wildman–Crippen MR) is 71.8 cm³/mol. The van der Waals surface area contributed by atoms with Gasteiger partial charge in [0.05, 0.1) is 15.7 Å². The highest BCUT2D eigenvalue weighted by atomic mass is 35.5. The standard InChI is InChI=1S/C11H10Cl2N4/c12-8-2-1-3-9(11(8)13)16-7-4-5-15-10(6-7)17-14/h1-6H,14H2,(H2,15,16,17). The summed E-state index contributed by atoms with van der Waals surface area (Å²) in [6.07, 6.45) is 1.63. The zero-order chi connectivity index (χ0) is 12.3. The molecule has 0 unspecified atom stereocenters. The molecule has 0 atom stereocenters. The Morgan fingerprint density at radius 2 is 2.00 bits per heavy atom. The predicted octanol–water partition coefficient (Wildman–Crippen LogP) is 3.42. The number of benzene rings is 1. The Labute approximate surface area is 109 Å². The van der Waals surface area contributed by atoms with Gasteiger partial charge in [0.2, 0.25) is 0 Å². The lowest BCUT2D eigenvalue weighted by molar-refractivity contribution is 1.23. The second-order valence-corrected chi connectivity index (χ2v) is 4.09. The summed E-state index contributed by atoms with van der Waals surface area (Å²) in [7, 11) is 0. The zero-order valence-electron chi connectivity index (χ0n) is 8.74. The number of rotatable bonds is 3. The van der Waals surface area contributed by atoms with Gasteiger partial charge in [-0.3, -0.25) is 0 Å². The maximum atomic E-state index is 6.07. The molecule has 0 amide bonds. The quantitative estimate of drug-likeness (QED) is 0.590. The molecule has 0 radical (unpaired) electrons. The highest BCUT2D eigenvalue weighted by molar-refractivity contribution is 6.43. The van der Waals surface area contributed by atoms with E-state index in [4.69, 9.17) is 29.0 Å². The van der Waals surface area contributed by atoms with E-state index in [0.717, 1.165) is 11.4 Å². The van der Waals surface area contributed by atoms with Gasteiger partial charge in [-0.15, -0.1) is 0 Å². The molecule has 0 fully saturated rings. The van der Waals surface area contributed by atoms with Gasteiger partial charge in [0.1, 0.15) is 5.82 Å². The molecule has 4 N–H and O–H groups in total. The van der Waals surface area contributed by atoms with Crippen LogP contribution in [0.5, 0.6) is 0 Å². The second-order valence-electron chi connectivity index (χ2n) is 3.30. The molecule has 0 saturated carbocycles. The number of aromatic nitrogens is 1. The van der Waals surface area contributed by atoms with Gasteiger partial charge in [0.15, 0.2) is 0 Å². The largest absolute Gasteiger partial charge is 0.354 e. The van der Waals surface area contributed by atoms with Crippen LogP contribution < -0.4 is 16.6 Å². The first-order valence-corrected chi connectivity index (χ1v) is 5.60. The van der Waals surface area contributed by atoms with Gasteiger partial charge in [-0.2, -0.15) is 0 Å². The lowest BCUT2D eigenvalue weighted by atomic mass is 10.3. The zero-order valence-corrected chi connectivity index (χ0v) is 10.3. The molecule has 4 nitrogen and oxygen atoms in total. The number of hydrogen-bond acceptors (Lipinski definition) is 4. The molecular weight excluding hydrogens is 259 g/mol. The summed E-state index contributed by atoms with van der Waals surface area (Å²) in [6, 6.07) is 8.95. The van der Waals surface area contributed by atoms with Crippen LogP contribution in [0.25, 0.3) is 0 Å². The van der Waals surface area contributed by atoms with Crippen molar-refractivity contribution in [3.63, 3.8) is 0 Å². The van der Waals surface area contributed by atoms with Gasteiger partial charge >= 0.3 is 0 Å². The Hall–Kier alpha value is -1.49. The van der Waals surface area contributed by atoms with E-state index in [9.17, 15) is 0 Å². The molecule has 2 rings (SSSR count). The monoisotopic (exact) mass is 268 g/mol. The first kappa shape index (κ1) is 12.0. The summed E-state index contributed by atoms with van der Waals surface area (Å²) >= 11 is 12.0. The molecule has 17 heavy (non-hydrogen) atoms. The Kier molecular flexibility index (Phi) is 3.68. The van der Waals surface area contributed by atoms with E-state index in [-0.39, 0.29) is 0 Å². The summed E-state index contributed by atoms with van der Waals surface area (Å²) in [5.74, 6) is 5.84. The van der Waals surface area contributed by atoms with Crippen LogP contribution in [0.3, 0.4) is 0 Å². The highest BCUT2D eigenvalue weighted by Gasteiger charge is 2.04. The van der Waals surface area contributed by atoms with Crippen LogP contribution >= 0.6 is 23.2 Å². The molecule has 6 heteroatoms. The maximum Gasteiger partial charge on any atom is 0.141 e. The summed E-state index contributed by atoms with van der Waals surface area (Å²) in [5, 5.41) is 4.12. The fourth-order valence-corrected chi connectivity index (χ4v) is 1.69. The van der Waals surface area contributed by atoms with E-state index < -0.39 is 0 Å². The average molecular weight is 269 g/mol. The van der Waals surface area contributed by atoms with Crippen LogP contribution in [0.15, 0.2) is 36.5 Å². The third kappa shape index (κ3) is 2.79. The molecular formula is C11H10Cl2N4. The number of halogens is 2. The van der Waals surface area contributed by atoms with Crippen molar-refractivity contribution in [2.75, 3.05) is 10.7 Å². The van der Waals surface area contributed by atoms with E-state index in [2.05, 4.69) is 15.7 Å². The molecule has 1 aromatic carbocycles. The van der Waals surface area contributed by atoms with E-state index in [1.54, 1.807) is 24.4 Å². The number of nitrogens with one attached hydrogen (secondary N) is 2. The normalized spacial score (nSPS) is 10.1. The van der Waals surface area contributed by atoms with Crippen LogP contribution in [-0.2, 0) is 0 Å². The molecule has 0 aliphatic rings. The van der Waals surface area contributed by atoms with E-state index in [1.165, 1.54) is 0 Å². The van der Waals surface area contributed by atoms with Crippen molar-refractivity contribution in [2.45, 2.75) is 0 Å². The van der Waals surface area contributed by atoms with Gasteiger partial charge in [0.25, 0.3) is 0 Å². The van der Waals surface area contributed by atoms with Crippen LogP contribution in [0.4, 0.5) is 17.2 Å². The molecule has 1 heterocycles. The molecule has 0 bridgehead atoms. The Balaban J connectivity index is 2.28. The van der Waals surface area contributed by atoms with Gasteiger partial charge in [-0.05, 0) is 18.2 Å². The number of nitrogens with two attached hydrogens (primary N) is 1. The van der Waals surface area contributed by atoms with Gasteiger partial charge in [0, 0.05) is 18.0 Å². The highest BCUT2D eigenvalue weighted by Crippen LogP contribution is 2.31. The smallest absolute Gasteiger partial charge is 0.141 e. The van der Waals surface area contributed by atoms with Gasteiger partial charge in [-0.1, -0.05) is 29.3 Å². The maximum absolute atomic E-state index is 6.07.